The third kappa shape index (κ3) is 1.83. The molecule has 2 heterocycles. The molecule has 0 amide bonds. The van der Waals surface area contributed by atoms with Crippen LogP contribution < -0.4 is 5.32 Å². The second kappa shape index (κ2) is 4.64. The van der Waals surface area contributed by atoms with E-state index in [0.717, 1.165) is 13.0 Å². The molecule has 0 bridgehead atoms. The maximum absolute atomic E-state index is 6.02. The summed E-state index contributed by atoms with van der Waals surface area (Å²) >= 11 is 0. The lowest BCUT2D eigenvalue weighted by atomic mass is 9.81. The summed E-state index contributed by atoms with van der Waals surface area (Å²) in [6.07, 6.45) is 1.38. The van der Waals surface area contributed by atoms with E-state index >= 15 is 0 Å². The third-order valence-corrected chi connectivity index (χ3v) is 4.58. The topological polar surface area (TPSA) is 21.3 Å². The lowest BCUT2D eigenvalue weighted by Crippen LogP contribution is -2.29. The van der Waals surface area contributed by atoms with Crippen molar-refractivity contribution >= 4 is 5.69 Å². The van der Waals surface area contributed by atoms with Crippen LogP contribution in [0.15, 0.2) is 48.5 Å². The van der Waals surface area contributed by atoms with Crippen molar-refractivity contribution in [3.63, 3.8) is 0 Å². The number of hydrogen-bond donors (Lipinski definition) is 1. The molecule has 1 N–H and O–H groups in total. The minimum absolute atomic E-state index is 0.249. The number of fused-ring (bicyclic) bond motifs is 3. The van der Waals surface area contributed by atoms with Gasteiger partial charge in [0.25, 0.3) is 0 Å². The minimum atomic E-state index is 0.249. The zero-order chi connectivity index (χ0) is 13.5. The standard InChI is InChI=1S/C18H19NO/c1-12-6-8-13(9-7-12)17-15-10-11-20-18(15)14-4-2-3-5-16(14)19-17/h2-9,15,17-19H,10-11H2,1H3/t15-,17+,18+/m0/s1. The van der Waals surface area contributed by atoms with Gasteiger partial charge in [0.2, 0.25) is 0 Å². The van der Waals surface area contributed by atoms with Gasteiger partial charge in [-0.1, -0.05) is 48.0 Å². The Morgan fingerprint density at radius 3 is 2.70 bits per heavy atom. The quantitative estimate of drug-likeness (QED) is 0.832. The van der Waals surface area contributed by atoms with E-state index in [1.807, 2.05) is 0 Å². The van der Waals surface area contributed by atoms with Crippen LogP contribution in [0.4, 0.5) is 5.69 Å². The molecule has 2 nitrogen and oxygen atoms in total. The summed E-state index contributed by atoms with van der Waals surface area (Å²) in [5, 5.41) is 3.72. The highest BCUT2D eigenvalue weighted by atomic mass is 16.5. The fourth-order valence-electron chi connectivity index (χ4n) is 3.52. The first kappa shape index (κ1) is 12.0. The van der Waals surface area contributed by atoms with Gasteiger partial charge in [0.1, 0.15) is 0 Å². The molecule has 2 aromatic rings. The first-order valence-electron chi connectivity index (χ1n) is 7.36. The number of nitrogens with one attached hydrogen (secondary N) is 1. The smallest absolute Gasteiger partial charge is 0.0896 e. The predicted octanol–water partition coefficient (Wildman–Crippen LogP) is 4.24. The summed E-state index contributed by atoms with van der Waals surface area (Å²) in [6.45, 7) is 3.00. The largest absolute Gasteiger partial charge is 0.378 e. The minimum Gasteiger partial charge on any atom is -0.378 e. The fraction of sp³-hybridized carbons (Fsp3) is 0.333. The van der Waals surface area contributed by atoms with Crippen LogP contribution >= 0.6 is 0 Å². The molecule has 1 saturated heterocycles. The molecule has 0 unspecified atom stereocenters. The second-order valence-corrected chi connectivity index (χ2v) is 5.86. The summed E-state index contributed by atoms with van der Waals surface area (Å²) in [7, 11) is 0. The lowest BCUT2D eigenvalue weighted by Gasteiger charge is -2.36. The first-order chi connectivity index (χ1) is 9.83. The van der Waals surface area contributed by atoms with E-state index < -0.39 is 0 Å². The van der Waals surface area contributed by atoms with E-state index in [1.165, 1.54) is 22.4 Å². The molecule has 2 aromatic carbocycles. The van der Waals surface area contributed by atoms with Crippen molar-refractivity contribution in [3.8, 4) is 0 Å². The Hall–Kier alpha value is -1.80. The van der Waals surface area contributed by atoms with Gasteiger partial charge >= 0.3 is 0 Å². The van der Waals surface area contributed by atoms with Gasteiger partial charge in [0.15, 0.2) is 0 Å². The zero-order valence-corrected chi connectivity index (χ0v) is 11.7. The van der Waals surface area contributed by atoms with Crippen molar-refractivity contribution in [2.75, 3.05) is 11.9 Å². The van der Waals surface area contributed by atoms with Crippen molar-refractivity contribution in [2.24, 2.45) is 5.92 Å². The Kier molecular flexibility index (Phi) is 2.78. The van der Waals surface area contributed by atoms with Crippen LogP contribution in [0.2, 0.25) is 0 Å². The molecule has 0 aromatic heterocycles. The van der Waals surface area contributed by atoms with Crippen LogP contribution in [0, 0.1) is 12.8 Å². The Balaban J connectivity index is 1.76. The number of aryl methyl sites for hydroxylation is 1. The summed E-state index contributed by atoms with van der Waals surface area (Å²) in [4.78, 5) is 0. The highest BCUT2D eigenvalue weighted by Gasteiger charge is 2.41. The number of hydrogen-bond acceptors (Lipinski definition) is 2. The molecule has 3 atom stereocenters. The predicted molar refractivity (Wildman–Crippen MR) is 80.8 cm³/mol. The van der Waals surface area contributed by atoms with Crippen molar-refractivity contribution in [3.05, 3.63) is 65.2 Å². The summed E-state index contributed by atoms with van der Waals surface area (Å²) in [6, 6.07) is 17.8. The molecule has 0 radical (unpaired) electrons. The van der Waals surface area contributed by atoms with E-state index in [-0.39, 0.29) is 6.10 Å². The summed E-state index contributed by atoms with van der Waals surface area (Å²) in [5.41, 5.74) is 5.22. The normalized spacial score (nSPS) is 27.6. The molecule has 0 aliphatic carbocycles. The number of ether oxygens (including phenoxy) is 1. The number of anilines is 1. The van der Waals surface area contributed by atoms with Gasteiger partial charge in [-0.25, -0.2) is 0 Å². The van der Waals surface area contributed by atoms with E-state index in [9.17, 15) is 0 Å². The average Bonchev–Trinajstić information content (AvgIpc) is 2.97. The maximum atomic E-state index is 6.02. The molecular formula is C18H19NO. The second-order valence-electron chi connectivity index (χ2n) is 5.86. The van der Waals surface area contributed by atoms with Crippen LogP contribution in [0.5, 0.6) is 0 Å². The summed E-state index contributed by atoms with van der Waals surface area (Å²) in [5.74, 6) is 0.535. The number of para-hydroxylation sites is 1. The molecule has 0 saturated carbocycles. The first-order valence-corrected chi connectivity index (χ1v) is 7.36. The van der Waals surface area contributed by atoms with Crippen LogP contribution in [0.3, 0.4) is 0 Å². The van der Waals surface area contributed by atoms with Crippen molar-refractivity contribution in [1.82, 2.24) is 0 Å². The van der Waals surface area contributed by atoms with E-state index in [0.29, 0.717) is 12.0 Å². The SMILES string of the molecule is Cc1ccc([C@H]2Nc3ccccc3[C@H]3OCC[C@@H]23)cc1. The molecule has 4 rings (SSSR count). The van der Waals surface area contributed by atoms with Crippen LogP contribution in [-0.2, 0) is 4.74 Å². The van der Waals surface area contributed by atoms with Crippen molar-refractivity contribution in [2.45, 2.75) is 25.5 Å². The molecule has 1 fully saturated rings. The van der Waals surface area contributed by atoms with E-state index in [1.54, 1.807) is 0 Å². The van der Waals surface area contributed by atoms with Crippen LogP contribution in [0.25, 0.3) is 0 Å². The number of benzene rings is 2. The Morgan fingerprint density at radius 2 is 1.85 bits per heavy atom. The van der Waals surface area contributed by atoms with Gasteiger partial charge in [0.05, 0.1) is 12.1 Å². The summed E-state index contributed by atoms with van der Waals surface area (Å²) < 4.78 is 6.02. The average molecular weight is 265 g/mol. The van der Waals surface area contributed by atoms with Crippen molar-refractivity contribution < 1.29 is 4.74 Å². The fourth-order valence-corrected chi connectivity index (χ4v) is 3.52. The Labute approximate surface area is 119 Å². The van der Waals surface area contributed by atoms with Gasteiger partial charge in [0, 0.05) is 23.8 Å². The van der Waals surface area contributed by atoms with Gasteiger partial charge in [-0.05, 0) is 25.0 Å². The molecule has 0 spiro atoms. The van der Waals surface area contributed by atoms with Gasteiger partial charge in [-0.15, -0.1) is 0 Å². The monoisotopic (exact) mass is 265 g/mol. The molecule has 2 heteroatoms. The highest BCUT2D eigenvalue weighted by Crippen LogP contribution is 2.49. The lowest BCUT2D eigenvalue weighted by molar-refractivity contribution is 0.0829. The number of rotatable bonds is 1. The zero-order valence-electron chi connectivity index (χ0n) is 11.7. The molecule has 102 valence electrons. The van der Waals surface area contributed by atoms with E-state index in [4.69, 9.17) is 4.74 Å². The van der Waals surface area contributed by atoms with Crippen LogP contribution in [-0.4, -0.2) is 6.61 Å². The van der Waals surface area contributed by atoms with Crippen LogP contribution in [0.1, 0.15) is 35.3 Å². The molecule has 20 heavy (non-hydrogen) atoms. The van der Waals surface area contributed by atoms with Gasteiger partial charge in [-0.2, -0.15) is 0 Å². The molecular weight excluding hydrogens is 246 g/mol. The Morgan fingerprint density at radius 1 is 1.05 bits per heavy atom. The third-order valence-electron chi connectivity index (χ3n) is 4.58. The highest BCUT2D eigenvalue weighted by molar-refractivity contribution is 5.57. The van der Waals surface area contributed by atoms with E-state index in [2.05, 4.69) is 60.8 Å². The molecule has 2 aliphatic rings. The maximum Gasteiger partial charge on any atom is 0.0896 e. The Bertz CT molecular complexity index is 620. The van der Waals surface area contributed by atoms with Gasteiger partial charge in [-0.3, -0.25) is 0 Å². The van der Waals surface area contributed by atoms with Crippen molar-refractivity contribution in [1.29, 1.82) is 0 Å². The molecule has 2 aliphatic heterocycles. The van der Waals surface area contributed by atoms with Gasteiger partial charge < -0.3 is 10.1 Å².